The SMILES string of the molecule is CCC(C)C(NC(=O)C(CC(=O)C1CCCN1C(=O)C(CCCN=C(N)N)CC(=O)C(CCCN=C(N)N)NC(=O)C1CCCN1C(=O)C(CCCCN)NC(=O)C(CC(N)=O)CC(=O)C(CC(=O)O)NC(=O)C(CC(=O)C(CC(C)C)NC(=O)C(CCC(=O)O)CC(=O)CCOCCOCCOCCN=[N+]=[N-])Cc1ccc(O)cc1)Cc1ccc(O)cc1)C(=O)CC(CC(C)C)C(=O)O. The van der Waals surface area contributed by atoms with Crippen molar-refractivity contribution in [1.29, 1.82) is 0 Å². The van der Waals surface area contributed by atoms with Crippen LogP contribution in [0.25, 0.3) is 10.4 Å². The molecule has 0 spiro atoms. The number of guanidine groups is 2. The van der Waals surface area contributed by atoms with E-state index < -0.39 is 235 Å². The minimum atomic E-state index is -1.99. The lowest BCUT2D eigenvalue weighted by atomic mass is 9.85. The minimum absolute atomic E-state index is 0.00392. The Morgan fingerprint density at radius 2 is 0.948 bits per heavy atom. The smallest absolute Gasteiger partial charge is 0.306 e. The van der Waals surface area contributed by atoms with Crippen molar-refractivity contribution in [2.75, 3.05) is 78.9 Å². The number of azide groups is 1. The molecule has 14 unspecified atom stereocenters. The summed E-state index contributed by atoms with van der Waals surface area (Å²) in [6, 6.07) is 1.53. The van der Waals surface area contributed by atoms with Gasteiger partial charge in [0.2, 0.25) is 47.3 Å². The molecule has 0 aliphatic carbocycles. The first-order valence-corrected chi connectivity index (χ1v) is 46.4. The molecule has 0 radical (unpaired) electrons. The average Bonchev–Trinajstić information content (AvgIpc) is 1.72. The van der Waals surface area contributed by atoms with E-state index in [1.807, 2.05) is 20.8 Å². The number of Topliss-reactive ketones (excluding diaryl/α,β-unsaturated/α-hetero) is 6. The van der Waals surface area contributed by atoms with Crippen LogP contribution in [0.15, 0.2) is 63.6 Å². The zero-order chi connectivity index (χ0) is 100. The molecule has 43 heteroatoms. The number of amides is 8. The lowest BCUT2D eigenvalue weighted by Crippen LogP contribution is -2.56. The number of primary amides is 1. The van der Waals surface area contributed by atoms with Crippen molar-refractivity contribution < 1.29 is 121 Å². The van der Waals surface area contributed by atoms with Crippen molar-refractivity contribution in [3.63, 3.8) is 0 Å². The van der Waals surface area contributed by atoms with Gasteiger partial charge in [-0.25, -0.2) is 0 Å². The Morgan fingerprint density at radius 1 is 0.467 bits per heavy atom. The number of hydrogen-bond donors (Lipinski definition) is 16. The number of aromatic hydroxyl groups is 2. The predicted molar refractivity (Wildman–Crippen MR) is 494 cm³/mol. The highest BCUT2D eigenvalue weighted by Crippen LogP contribution is 2.31. The molecule has 14 atom stereocenters. The Balaban J connectivity index is 1.63. The van der Waals surface area contributed by atoms with Gasteiger partial charge in [-0.3, -0.25) is 91.5 Å². The summed E-state index contributed by atoms with van der Waals surface area (Å²) in [5, 5.41) is 67.1. The number of benzene rings is 2. The third kappa shape index (κ3) is 43.9. The van der Waals surface area contributed by atoms with Crippen LogP contribution in [-0.2, 0) is 109 Å². The molecule has 2 saturated heterocycles. The number of nitrogens with zero attached hydrogens (tertiary/aromatic N) is 7. The van der Waals surface area contributed by atoms with E-state index in [2.05, 4.69) is 46.6 Å². The second kappa shape index (κ2) is 61.7. The summed E-state index contributed by atoms with van der Waals surface area (Å²) >= 11 is 0. The van der Waals surface area contributed by atoms with E-state index in [9.17, 15) is 92.7 Å². The molecule has 2 aliphatic heterocycles. The second-order valence-electron chi connectivity index (χ2n) is 35.5. The topological polar surface area (TPSA) is 715 Å². The standard InChI is InChI=1S/C92H142N18O25/c1-7-56(6)82(78(118)51-64(90(131)132)42-54(2)3)107-86(127)62(45-58-21-26-66(112)27-22-58)50-77(117)72-17-12-34-109(72)88(129)60(14-10-31-100-91(95)96)47-74(114)68(16-11-32-101-92(97)98)103-87(128)73-18-13-35-110(73)89(130)69(15-8-9-30-93)104-85(126)63(52-79(94)119)49-76(116)71(53-81(122)123)106-84(125)61(44-57-19-24-65(111)25-20-57)48-75(115)70(43-55(4)5)105-83(124)59(23-28-80(120)121)46-67(113)29-36-133-38-40-135-41-39-134-37-33-102-108-99/h19-22,24-27,54-56,59-64,68-73,82,111-112H,7-18,23,28-53,93H2,1-6H3,(H2,94,119)(H,103,128)(H,104,126)(H,105,124)(H,106,125)(H,107,127)(H,120,121)(H,122,123)(H,131,132)(H4,95,96,100)(H4,97,98,101). The van der Waals surface area contributed by atoms with Crippen LogP contribution in [-0.4, -0.2) is 268 Å². The van der Waals surface area contributed by atoms with Gasteiger partial charge in [0.1, 0.15) is 29.4 Å². The third-order valence-electron chi connectivity index (χ3n) is 23.6. The van der Waals surface area contributed by atoms with Gasteiger partial charge < -0.3 is 111 Å². The van der Waals surface area contributed by atoms with Crippen molar-refractivity contribution in [3.8, 4) is 11.5 Å². The molecule has 0 bridgehead atoms. The Labute approximate surface area is 786 Å². The van der Waals surface area contributed by atoms with Crippen LogP contribution in [0.4, 0.5) is 0 Å². The molecular formula is C92H142N18O25. The monoisotopic (exact) mass is 1900 g/mol. The Hall–Kier alpha value is -12.1. The highest BCUT2D eigenvalue weighted by molar-refractivity contribution is 6.01. The van der Waals surface area contributed by atoms with Crippen molar-refractivity contribution >= 4 is 112 Å². The lowest BCUT2D eigenvalue weighted by molar-refractivity contribution is -0.145. The number of rotatable bonds is 71. The molecule has 8 amide bonds. The fourth-order valence-corrected chi connectivity index (χ4v) is 16.3. The summed E-state index contributed by atoms with van der Waals surface area (Å²) in [5.41, 5.74) is 43.6. The first kappa shape index (κ1) is 115. The maximum atomic E-state index is 15.3. The molecule has 0 saturated carbocycles. The summed E-state index contributed by atoms with van der Waals surface area (Å²) in [7, 11) is 0. The maximum Gasteiger partial charge on any atom is 0.306 e. The van der Waals surface area contributed by atoms with Crippen LogP contribution in [0.3, 0.4) is 0 Å². The summed E-state index contributed by atoms with van der Waals surface area (Å²) in [6.07, 6.45) is -5.19. The zero-order valence-corrected chi connectivity index (χ0v) is 78.4. The fraction of sp³-hybridized carbons (Fsp3) is 0.663. The maximum absolute atomic E-state index is 15.3. The number of nitrogens with one attached hydrogen (secondary N) is 5. The number of hydrogen-bond acceptors (Lipinski definition) is 26. The normalized spacial score (nSPS) is 16.2. The van der Waals surface area contributed by atoms with E-state index in [0.717, 1.165) is 0 Å². The molecule has 2 aromatic rings. The van der Waals surface area contributed by atoms with Crippen molar-refractivity contribution in [2.24, 2.45) is 103 Å². The van der Waals surface area contributed by atoms with E-state index in [-0.39, 0.29) is 217 Å². The van der Waals surface area contributed by atoms with Crippen LogP contribution in [0, 0.1) is 53.3 Å². The molecule has 4 rings (SSSR count). The quantitative estimate of drug-likeness (QED) is 0.0113. The lowest BCUT2D eigenvalue weighted by Gasteiger charge is -2.31. The summed E-state index contributed by atoms with van der Waals surface area (Å²) < 4.78 is 16.2. The van der Waals surface area contributed by atoms with E-state index in [1.54, 1.807) is 32.9 Å². The number of ether oxygens (including phenoxy) is 3. The van der Waals surface area contributed by atoms with E-state index >= 15 is 14.4 Å². The Morgan fingerprint density at radius 3 is 1.49 bits per heavy atom. The van der Waals surface area contributed by atoms with Gasteiger partial charge in [-0.1, -0.05) is 77.3 Å². The van der Waals surface area contributed by atoms with Gasteiger partial charge in [0.05, 0.1) is 88.1 Å². The summed E-state index contributed by atoms with van der Waals surface area (Å²) in [5.74, 6) is -24.7. The van der Waals surface area contributed by atoms with Crippen LogP contribution in [0.5, 0.6) is 11.5 Å². The molecule has 135 heavy (non-hydrogen) atoms. The number of carboxylic acid groups (broad SMARTS) is 3. The van der Waals surface area contributed by atoms with Crippen LogP contribution >= 0.6 is 0 Å². The zero-order valence-electron chi connectivity index (χ0n) is 78.4. The number of unbranched alkanes of at least 4 members (excludes halogenated alkanes) is 1. The number of aliphatic carboxylic acids is 3. The number of ketones is 6. The van der Waals surface area contributed by atoms with Crippen molar-refractivity contribution in [1.82, 2.24) is 36.4 Å². The minimum Gasteiger partial charge on any atom is -0.508 e. The van der Waals surface area contributed by atoms with E-state index in [0.29, 0.717) is 30.4 Å². The average molecular weight is 1900 g/mol. The van der Waals surface area contributed by atoms with Gasteiger partial charge >= 0.3 is 17.9 Å². The van der Waals surface area contributed by atoms with Gasteiger partial charge in [0.15, 0.2) is 40.8 Å². The summed E-state index contributed by atoms with van der Waals surface area (Å²) in [4.78, 5) is 254. The number of nitrogens with two attached hydrogens (primary N) is 6. The van der Waals surface area contributed by atoms with Gasteiger partial charge in [-0.15, -0.1) is 0 Å². The van der Waals surface area contributed by atoms with Gasteiger partial charge in [0.25, 0.3) is 0 Å². The number of phenols is 2. The molecule has 22 N–H and O–H groups in total. The van der Waals surface area contributed by atoms with Gasteiger partial charge in [-0.05, 0) is 168 Å². The number of carbonyl (C=O) groups excluding carboxylic acids is 14. The predicted octanol–water partition coefficient (Wildman–Crippen LogP) is 3.17. The number of phenolic OH excluding ortho intramolecular Hbond substituents is 2. The Bertz CT molecular complexity index is 4370. The number of aliphatic imine (C=N–C) groups is 2. The first-order chi connectivity index (χ1) is 64.1. The molecule has 2 aromatic carbocycles. The Kier molecular flexibility index (Phi) is 52.7. The molecule has 750 valence electrons. The molecule has 2 heterocycles. The van der Waals surface area contributed by atoms with E-state index in [1.165, 1.54) is 46.2 Å². The highest BCUT2D eigenvalue weighted by atomic mass is 16.5. The number of carboxylic acids is 3. The largest absolute Gasteiger partial charge is 0.508 e. The highest BCUT2D eigenvalue weighted by Gasteiger charge is 2.45. The number of carbonyl (C=O) groups is 17. The van der Waals surface area contributed by atoms with Gasteiger partial charge in [0, 0.05) is 119 Å². The van der Waals surface area contributed by atoms with E-state index in [4.69, 9.17) is 54.1 Å². The molecule has 2 fully saturated rings. The molecule has 43 nitrogen and oxygen atoms in total. The number of likely N-dealkylation sites (tertiary alicyclic amines) is 2. The molecule has 0 aromatic heterocycles. The van der Waals surface area contributed by atoms with Crippen LogP contribution < -0.4 is 61.0 Å². The third-order valence-corrected chi connectivity index (χ3v) is 23.6. The second-order valence-corrected chi connectivity index (χ2v) is 35.5. The molecular weight excluding hydrogens is 1760 g/mol. The summed E-state index contributed by atoms with van der Waals surface area (Å²) in [6.45, 7) is 11.7. The van der Waals surface area contributed by atoms with Crippen LogP contribution in [0.1, 0.15) is 213 Å². The molecule has 2 aliphatic rings. The fourth-order valence-electron chi connectivity index (χ4n) is 16.3. The first-order valence-electron chi connectivity index (χ1n) is 46.4. The van der Waals surface area contributed by atoms with Crippen LogP contribution in [0.2, 0.25) is 0 Å². The van der Waals surface area contributed by atoms with Crippen molar-refractivity contribution in [2.45, 2.75) is 257 Å². The van der Waals surface area contributed by atoms with Gasteiger partial charge in [-0.2, -0.15) is 0 Å². The van der Waals surface area contributed by atoms with Crippen molar-refractivity contribution in [3.05, 3.63) is 70.1 Å².